The predicted molar refractivity (Wildman–Crippen MR) is 112 cm³/mol. The van der Waals surface area contributed by atoms with E-state index in [0.717, 1.165) is 22.7 Å². The highest BCUT2D eigenvalue weighted by Crippen LogP contribution is 2.15. The normalized spacial score (nSPS) is 10.3. The summed E-state index contributed by atoms with van der Waals surface area (Å²) in [5.74, 6) is 2.77. The zero-order valence-corrected chi connectivity index (χ0v) is 16.5. The average molecular weight is 392 g/mol. The molecule has 0 aliphatic rings. The van der Waals surface area contributed by atoms with E-state index in [1.165, 1.54) is 6.33 Å². The van der Waals surface area contributed by atoms with Gasteiger partial charge in [-0.2, -0.15) is 0 Å². The van der Waals surface area contributed by atoms with Crippen molar-refractivity contribution in [2.24, 2.45) is 0 Å². The Kier molecular flexibility index (Phi) is 6.94. The molecule has 0 radical (unpaired) electrons. The summed E-state index contributed by atoms with van der Waals surface area (Å²) in [4.78, 5) is 24.7. The zero-order chi connectivity index (χ0) is 20.5. The highest BCUT2D eigenvalue weighted by Gasteiger charge is 2.04. The Morgan fingerprint density at radius 1 is 0.966 bits per heavy atom. The van der Waals surface area contributed by atoms with Crippen LogP contribution < -0.4 is 20.7 Å². The molecule has 8 heteroatoms. The van der Waals surface area contributed by atoms with Crippen LogP contribution in [-0.2, 0) is 11.2 Å². The molecule has 1 amide bonds. The van der Waals surface area contributed by atoms with Gasteiger partial charge >= 0.3 is 0 Å². The number of amides is 1. The van der Waals surface area contributed by atoms with Crippen molar-refractivity contribution in [3.8, 4) is 5.75 Å². The van der Waals surface area contributed by atoms with Crippen molar-refractivity contribution in [3.05, 3.63) is 66.1 Å². The summed E-state index contributed by atoms with van der Waals surface area (Å²) in [7, 11) is 1.62. The number of hydrogen-bond acceptors (Lipinski definition) is 7. The van der Waals surface area contributed by atoms with Crippen molar-refractivity contribution in [1.82, 2.24) is 20.3 Å². The van der Waals surface area contributed by atoms with Crippen LogP contribution in [0.25, 0.3) is 0 Å². The molecule has 29 heavy (non-hydrogen) atoms. The lowest BCUT2D eigenvalue weighted by Crippen LogP contribution is -2.30. The van der Waals surface area contributed by atoms with Gasteiger partial charge in [-0.15, -0.1) is 0 Å². The summed E-state index contributed by atoms with van der Waals surface area (Å²) >= 11 is 0. The molecule has 0 saturated heterocycles. The van der Waals surface area contributed by atoms with Crippen LogP contribution in [0.15, 0.2) is 55.0 Å². The van der Waals surface area contributed by atoms with E-state index < -0.39 is 0 Å². The van der Waals surface area contributed by atoms with E-state index in [1.54, 1.807) is 19.4 Å². The second kappa shape index (κ2) is 10.0. The van der Waals surface area contributed by atoms with Crippen LogP contribution in [0.3, 0.4) is 0 Å². The molecule has 0 atom stereocenters. The number of benzene rings is 1. The number of carbonyl (C=O) groups excluding carboxylic acids is 1. The van der Waals surface area contributed by atoms with Crippen LogP contribution >= 0.6 is 0 Å². The molecule has 0 spiro atoms. The molecular weight excluding hydrogens is 368 g/mol. The summed E-state index contributed by atoms with van der Waals surface area (Å²) in [5, 5.41) is 9.21. The van der Waals surface area contributed by atoms with E-state index in [2.05, 4.69) is 30.9 Å². The molecule has 0 aliphatic carbocycles. The maximum atomic E-state index is 12.1. The van der Waals surface area contributed by atoms with Gasteiger partial charge in [0.2, 0.25) is 5.91 Å². The third-order valence-electron chi connectivity index (χ3n) is 4.12. The summed E-state index contributed by atoms with van der Waals surface area (Å²) in [6.45, 7) is 3.04. The lowest BCUT2D eigenvalue weighted by atomic mass is 10.1. The summed E-state index contributed by atoms with van der Waals surface area (Å²) in [5.41, 5.74) is 2.05. The van der Waals surface area contributed by atoms with Gasteiger partial charge < -0.3 is 20.7 Å². The van der Waals surface area contributed by atoms with Gasteiger partial charge in [-0.25, -0.2) is 15.0 Å². The number of anilines is 3. The van der Waals surface area contributed by atoms with E-state index in [1.807, 2.05) is 43.3 Å². The zero-order valence-electron chi connectivity index (χ0n) is 16.5. The average Bonchev–Trinajstić information content (AvgIpc) is 2.72. The number of ether oxygens (including phenoxy) is 1. The molecule has 3 N–H and O–H groups in total. The molecule has 0 bridgehead atoms. The summed E-state index contributed by atoms with van der Waals surface area (Å²) < 4.78 is 5.12. The second-order valence-electron chi connectivity index (χ2n) is 6.43. The van der Waals surface area contributed by atoms with Crippen LogP contribution in [0.4, 0.5) is 17.5 Å². The number of rotatable bonds is 9. The van der Waals surface area contributed by atoms with Crippen LogP contribution in [-0.4, -0.2) is 41.1 Å². The molecule has 8 nitrogen and oxygen atoms in total. The number of nitrogens with one attached hydrogen (secondary N) is 3. The standard InChI is InChI=1S/C21H24N6O2/c1-15-7-8-22-19(11-15)27-20-13-18(25-14-26-20)23-9-10-24-21(28)12-16-3-5-17(29-2)6-4-16/h3-8,11,13-14H,9-10,12H2,1-2H3,(H,24,28)(H2,22,23,25,26,27). The molecule has 0 unspecified atom stereocenters. The smallest absolute Gasteiger partial charge is 0.224 e. The number of nitrogens with zero attached hydrogens (tertiary/aromatic N) is 3. The number of carbonyl (C=O) groups is 1. The van der Waals surface area contributed by atoms with Gasteiger partial charge in [0.1, 0.15) is 29.5 Å². The van der Waals surface area contributed by atoms with Crippen molar-refractivity contribution in [1.29, 1.82) is 0 Å². The first-order valence-corrected chi connectivity index (χ1v) is 9.27. The van der Waals surface area contributed by atoms with Gasteiger partial charge in [0.05, 0.1) is 13.5 Å². The van der Waals surface area contributed by atoms with Crippen molar-refractivity contribution < 1.29 is 9.53 Å². The van der Waals surface area contributed by atoms with Gasteiger partial charge in [-0.1, -0.05) is 12.1 Å². The SMILES string of the molecule is COc1ccc(CC(=O)NCCNc2cc(Nc3cc(C)ccn3)ncn2)cc1. The van der Waals surface area contributed by atoms with E-state index in [-0.39, 0.29) is 5.91 Å². The van der Waals surface area contributed by atoms with E-state index >= 15 is 0 Å². The Morgan fingerprint density at radius 3 is 2.48 bits per heavy atom. The molecule has 3 rings (SSSR count). The number of aryl methyl sites for hydroxylation is 1. The first kappa shape index (κ1) is 20.1. The fourth-order valence-corrected chi connectivity index (χ4v) is 2.64. The van der Waals surface area contributed by atoms with E-state index in [4.69, 9.17) is 4.74 Å². The van der Waals surface area contributed by atoms with Gasteiger partial charge in [0.25, 0.3) is 0 Å². The van der Waals surface area contributed by atoms with Crippen molar-refractivity contribution in [2.45, 2.75) is 13.3 Å². The minimum absolute atomic E-state index is 0.0347. The van der Waals surface area contributed by atoms with E-state index in [9.17, 15) is 4.79 Å². The number of pyridine rings is 1. The maximum Gasteiger partial charge on any atom is 0.224 e. The quantitative estimate of drug-likeness (QED) is 0.481. The monoisotopic (exact) mass is 392 g/mol. The molecule has 0 aliphatic heterocycles. The van der Waals surface area contributed by atoms with Gasteiger partial charge in [-0.3, -0.25) is 4.79 Å². The summed E-state index contributed by atoms with van der Waals surface area (Å²) in [6, 6.07) is 13.1. The fourth-order valence-electron chi connectivity index (χ4n) is 2.64. The second-order valence-corrected chi connectivity index (χ2v) is 6.43. The summed E-state index contributed by atoms with van der Waals surface area (Å²) in [6.07, 6.45) is 3.55. The third kappa shape index (κ3) is 6.46. The number of methoxy groups -OCH3 is 1. The minimum Gasteiger partial charge on any atom is -0.497 e. The lowest BCUT2D eigenvalue weighted by Gasteiger charge is -2.09. The molecule has 3 aromatic rings. The maximum absolute atomic E-state index is 12.1. The van der Waals surface area contributed by atoms with Crippen molar-refractivity contribution >= 4 is 23.4 Å². The molecular formula is C21H24N6O2. The van der Waals surface area contributed by atoms with Gasteiger partial charge in [-0.05, 0) is 42.3 Å². The molecule has 0 saturated carbocycles. The molecule has 1 aromatic carbocycles. The molecule has 2 aromatic heterocycles. The van der Waals surface area contributed by atoms with Crippen LogP contribution in [0.2, 0.25) is 0 Å². The van der Waals surface area contributed by atoms with Crippen molar-refractivity contribution in [3.63, 3.8) is 0 Å². The Bertz CT molecular complexity index is 946. The Balaban J connectivity index is 1.42. The topological polar surface area (TPSA) is 101 Å². The number of aromatic nitrogens is 3. The fraction of sp³-hybridized carbons (Fsp3) is 0.238. The first-order chi connectivity index (χ1) is 14.1. The molecule has 2 heterocycles. The molecule has 0 fully saturated rings. The highest BCUT2D eigenvalue weighted by atomic mass is 16.5. The third-order valence-corrected chi connectivity index (χ3v) is 4.12. The number of hydrogen-bond donors (Lipinski definition) is 3. The Hall–Kier alpha value is -3.68. The first-order valence-electron chi connectivity index (χ1n) is 9.27. The lowest BCUT2D eigenvalue weighted by molar-refractivity contribution is -0.120. The Labute approximate surface area is 169 Å². The minimum atomic E-state index is -0.0347. The van der Waals surface area contributed by atoms with E-state index in [0.29, 0.717) is 31.1 Å². The predicted octanol–water partition coefficient (Wildman–Crippen LogP) is 2.70. The highest BCUT2D eigenvalue weighted by molar-refractivity contribution is 5.78. The Morgan fingerprint density at radius 2 is 1.72 bits per heavy atom. The van der Waals surface area contributed by atoms with Crippen molar-refractivity contribution in [2.75, 3.05) is 30.8 Å². The van der Waals surface area contributed by atoms with Crippen LogP contribution in [0, 0.1) is 6.92 Å². The van der Waals surface area contributed by atoms with Gasteiger partial charge in [0, 0.05) is 25.4 Å². The van der Waals surface area contributed by atoms with Gasteiger partial charge in [0.15, 0.2) is 0 Å². The van der Waals surface area contributed by atoms with Crippen LogP contribution in [0.1, 0.15) is 11.1 Å². The molecule has 150 valence electrons. The largest absolute Gasteiger partial charge is 0.497 e. The van der Waals surface area contributed by atoms with Crippen LogP contribution in [0.5, 0.6) is 5.75 Å².